The molecule has 1 aromatic heterocycles. The van der Waals surface area contributed by atoms with Gasteiger partial charge in [0.15, 0.2) is 6.61 Å². The quantitative estimate of drug-likeness (QED) is 0.590. The second-order valence-corrected chi connectivity index (χ2v) is 5.91. The van der Waals surface area contributed by atoms with Crippen molar-refractivity contribution in [3.63, 3.8) is 0 Å². The third-order valence-electron chi connectivity index (χ3n) is 3.06. The average molecular weight is 384 g/mol. The Balaban J connectivity index is 1.68. The summed E-state index contributed by atoms with van der Waals surface area (Å²) in [4.78, 5) is 12.0. The van der Waals surface area contributed by atoms with Crippen molar-refractivity contribution in [2.24, 2.45) is 0 Å². The van der Waals surface area contributed by atoms with E-state index in [4.69, 9.17) is 44.0 Å². The van der Waals surface area contributed by atoms with Crippen LogP contribution < -0.4 is 0 Å². The molecule has 2 aromatic carbocycles. The third kappa shape index (κ3) is 3.70. The summed E-state index contributed by atoms with van der Waals surface area (Å²) in [7, 11) is 0. The molecule has 0 spiro atoms. The highest BCUT2D eigenvalue weighted by molar-refractivity contribution is 6.43. The zero-order valence-electron chi connectivity index (χ0n) is 12.0. The number of hydrogen-bond acceptors (Lipinski definition) is 5. The van der Waals surface area contributed by atoms with Gasteiger partial charge in [-0.05, 0) is 36.4 Å². The molecule has 0 saturated carbocycles. The highest BCUT2D eigenvalue weighted by atomic mass is 35.5. The molecule has 0 fully saturated rings. The lowest BCUT2D eigenvalue weighted by atomic mass is 10.2. The van der Waals surface area contributed by atoms with E-state index < -0.39 is 5.97 Å². The maximum Gasteiger partial charge on any atom is 0.340 e. The second-order valence-electron chi connectivity index (χ2n) is 4.69. The average Bonchev–Trinajstić information content (AvgIpc) is 3.05. The van der Waals surface area contributed by atoms with Crippen LogP contribution in [0.4, 0.5) is 0 Å². The van der Waals surface area contributed by atoms with E-state index >= 15 is 0 Å². The van der Waals surface area contributed by atoms with Gasteiger partial charge in [-0.2, -0.15) is 0 Å². The number of esters is 1. The predicted molar refractivity (Wildman–Crippen MR) is 90.3 cm³/mol. The SMILES string of the molecule is O=C(OCc1nnc(-c2ccc(Cl)cc2)o1)c1cccc(Cl)c1Cl. The minimum Gasteiger partial charge on any atom is -0.452 e. The Kier molecular flexibility index (Phi) is 5.04. The second kappa shape index (κ2) is 7.21. The molecule has 0 unspecified atom stereocenters. The Morgan fingerprint density at radius 2 is 1.79 bits per heavy atom. The first kappa shape index (κ1) is 16.8. The molecule has 5 nitrogen and oxygen atoms in total. The van der Waals surface area contributed by atoms with Crippen molar-refractivity contribution in [3.8, 4) is 11.5 Å². The van der Waals surface area contributed by atoms with Gasteiger partial charge < -0.3 is 9.15 Å². The number of benzene rings is 2. The summed E-state index contributed by atoms with van der Waals surface area (Å²) < 4.78 is 10.6. The first-order chi connectivity index (χ1) is 11.5. The summed E-state index contributed by atoms with van der Waals surface area (Å²) in [5.74, 6) is -0.168. The van der Waals surface area contributed by atoms with Crippen molar-refractivity contribution >= 4 is 40.8 Å². The highest BCUT2D eigenvalue weighted by Gasteiger charge is 2.16. The van der Waals surface area contributed by atoms with Crippen molar-refractivity contribution in [1.29, 1.82) is 0 Å². The van der Waals surface area contributed by atoms with Crippen LogP contribution in [0, 0.1) is 0 Å². The summed E-state index contributed by atoms with van der Waals surface area (Å²) >= 11 is 17.7. The van der Waals surface area contributed by atoms with Crippen molar-refractivity contribution < 1.29 is 13.9 Å². The molecule has 3 rings (SSSR count). The summed E-state index contributed by atoms with van der Waals surface area (Å²) in [5, 5.41) is 8.75. The minimum absolute atomic E-state index is 0.136. The van der Waals surface area contributed by atoms with Crippen LogP contribution in [-0.2, 0) is 11.3 Å². The van der Waals surface area contributed by atoms with Crippen LogP contribution in [0.1, 0.15) is 16.2 Å². The highest BCUT2D eigenvalue weighted by Crippen LogP contribution is 2.26. The fourth-order valence-electron chi connectivity index (χ4n) is 1.89. The maximum absolute atomic E-state index is 12.0. The van der Waals surface area contributed by atoms with Gasteiger partial charge in [-0.3, -0.25) is 0 Å². The van der Waals surface area contributed by atoms with E-state index in [1.165, 1.54) is 6.07 Å². The Hall–Kier alpha value is -2.08. The molecule has 0 saturated heterocycles. The molecule has 122 valence electrons. The number of nitrogens with zero attached hydrogens (tertiary/aromatic N) is 2. The number of halogens is 3. The van der Waals surface area contributed by atoms with Crippen molar-refractivity contribution in [3.05, 3.63) is 69.0 Å². The molecular weight excluding hydrogens is 375 g/mol. The molecule has 0 aliphatic heterocycles. The van der Waals surface area contributed by atoms with Gasteiger partial charge in [-0.15, -0.1) is 10.2 Å². The summed E-state index contributed by atoms with van der Waals surface area (Å²) in [5.41, 5.74) is 0.879. The molecular formula is C16H9Cl3N2O3. The lowest BCUT2D eigenvalue weighted by molar-refractivity contribution is 0.0439. The molecule has 0 aliphatic rings. The molecule has 0 radical (unpaired) electrons. The van der Waals surface area contributed by atoms with Gasteiger partial charge in [0.1, 0.15) is 0 Å². The number of hydrogen-bond donors (Lipinski definition) is 0. The van der Waals surface area contributed by atoms with Gasteiger partial charge in [0.25, 0.3) is 5.89 Å². The fourth-order valence-corrected chi connectivity index (χ4v) is 2.39. The standard InChI is InChI=1S/C16H9Cl3N2O3/c17-10-6-4-9(5-7-10)15-21-20-13(24-15)8-23-16(22)11-2-1-3-12(18)14(11)19/h1-7H,8H2. The van der Waals surface area contributed by atoms with Crippen molar-refractivity contribution in [2.75, 3.05) is 0 Å². The van der Waals surface area contributed by atoms with E-state index in [1.54, 1.807) is 36.4 Å². The van der Waals surface area contributed by atoms with Crippen LogP contribution in [0.25, 0.3) is 11.5 Å². The lowest BCUT2D eigenvalue weighted by Gasteiger charge is -2.05. The summed E-state index contributed by atoms with van der Waals surface area (Å²) in [6.07, 6.45) is 0. The maximum atomic E-state index is 12.0. The van der Waals surface area contributed by atoms with Gasteiger partial charge in [0.05, 0.1) is 15.6 Å². The van der Waals surface area contributed by atoms with Crippen LogP contribution >= 0.6 is 34.8 Å². The molecule has 0 bridgehead atoms. The van der Waals surface area contributed by atoms with Gasteiger partial charge in [-0.1, -0.05) is 40.9 Å². The summed E-state index contributed by atoms with van der Waals surface area (Å²) in [6.45, 7) is -0.178. The van der Waals surface area contributed by atoms with E-state index in [-0.39, 0.29) is 28.1 Å². The monoisotopic (exact) mass is 382 g/mol. The Morgan fingerprint density at radius 3 is 2.54 bits per heavy atom. The molecule has 0 atom stereocenters. The van der Waals surface area contributed by atoms with Gasteiger partial charge in [0, 0.05) is 10.6 Å². The summed E-state index contributed by atoms with van der Waals surface area (Å²) in [6, 6.07) is 11.6. The fraction of sp³-hybridized carbons (Fsp3) is 0.0625. The molecule has 0 aliphatic carbocycles. The third-order valence-corrected chi connectivity index (χ3v) is 4.13. The molecule has 8 heteroatoms. The van der Waals surface area contributed by atoms with Crippen LogP contribution in [0.5, 0.6) is 0 Å². The molecule has 1 heterocycles. The predicted octanol–water partition coefficient (Wildman–Crippen LogP) is 5.05. The van der Waals surface area contributed by atoms with Gasteiger partial charge in [0.2, 0.25) is 5.89 Å². The van der Waals surface area contributed by atoms with Crippen molar-refractivity contribution in [1.82, 2.24) is 10.2 Å². The van der Waals surface area contributed by atoms with E-state index in [0.29, 0.717) is 16.5 Å². The lowest BCUT2D eigenvalue weighted by Crippen LogP contribution is -2.06. The zero-order chi connectivity index (χ0) is 17.1. The van der Waals surface area contributed by atoms with E-state index in [2.05, 4.69) is 10.2 Å². The van der Waals surface area contributed by atoms with Crippen LogP contribution in [0.2, 0.25) is 15.1 Å². The Labute approximate surface area is 152 Å². The number of carbonyl (C=O) groups is 1. The minimum atomic E-state index is -0.631. The van der Waals surface area contributed by atoms with E-state index in [9.17, 15) is 4.79 Å². The van der Waals surface area contributed by atoms with Crippen LogP contribution in [0.3, 0.4) is 0 Å². The van der Waals surface area contributed by atoms with Gasteiger partial charge in [-0.25, -0.2) is 4.79 Å². The largest absolute Gasteiger partial charge is 0.452 e. The molecule has 24 heavy (non-hydrogen) atoms. The molecule has 0 N–H and O–H groups in total. The van der Waals surface area contributed by atoms with Crippen molar-refractivity contribution in [2.45, 2.75) is 6.61 Å². The zero-order valence-corrected chi connectivity index (χ0v) is 14.3. The number of aromatic nitrogens is 2. The molecule has 3 aromatic rings. The van der Waals surface area contributed by atoms with E-state index in [1.807, 2.05) is 0 Å². The number of rotatable bonds is 4. The Morgan fingerprint density at radius 1 is 1.04 bits per heavy atom. The van der Waals surface area contributed by atoms with Gasteiger partial charge >= 0.3 is 5.97 Å². The normalized spacial score (nSPS) is 10.6. The smallest absolute Gasteiger partial charge is 0.340 e. The Bertz CT molecular complexity index is 879. The number of ether oxygens (including phenoxy) is 1. The first-order valence-corrected chi connectivity index (χ1v) is 7.87. The van der Waals surface area contributed by atoms with Crippen LogP contribution in [0.15, 0.2) is 46.9 Å². The van der Waals surface area contributed by atoms with E-state index in [0.717, 1.165) is 0 Å². The van der Waals surface area contributed by atoms with Crippen LogP contribution in [-0.4, -0.2) is 16.2 Å². The topological polar surface area (TPSA) is 65.2 Å². The number of carbonyl (C=O) groups excluding carboxylic acids is 1. The first-order valence-electron chi connectivity index (χ1n) is 6.74. The molecule has 0 amide bonds.